The Hall–Kier alpha value is -4.39. The summed E-state index contributed by atoms with van der Waals surface area (Å²) >= 11 is 0. The van der Waals surface area contributed by atoms with E-state index in [1.165, 1.54) is 31.2 Å². The first kappa shape index (κ1) is 23.8. The summed E-state index contributed by atoms with van der Waals surface area (Å²) in [5, 5.41) is 12.9. The number of aliphatic carboxylic acids is 1. The molecule has 2 N–H and O–H groups in total. The lowest BCUT2D eigenvalue weighted by molar-refractivity contribution is -0.137. The zero-order valence-electron chi connectivity index (χ0n) is 19.2. The lowest BCUT2D eigenvalue weighted by Gasteiger charge is -2.19. The minimum Gasteiger partial charge on any atom is -0.480 e. The summed E-state index contributed by atoms with van der Waals surface area (Å²) in [5.41, 5.74) is 4.72. The standard InChI is InChI=1S/C28H23F2N3O2/c1-17(28(34)35)32-27-23-15-22(30)13-14-25(23)33-26(24(27)16-31-2)20-9-5-18(6-10-20)3-4-19-7-11-21(29)12-8-19/h3-17H,1-2H3,(H,32,33)(H,34,35)/b4-3+,31-16?. The lowest BCUT2D eigenvalue weighted by Crippen LogP contribution is -2.26. The van der Waals surface area contributed by atoms with Gasteiger partial charge in [0.15, 0.2) is 0 Å². The largest absolute Gasteiger partial charge is 0.480 e. The summed E-state index contributed by atoms with van der Waals surface area (Å²) in [6, 6.07) is 17.2. The number of hydrogen-bond donors (Lipinski definition) is 2. The van der Waals surface area contributed by atoms with Gasteiger partial charge in [0.1, 0.15) is 17.7 Å². The van der Waals surface area contributed by atoms with Crippen molar-refractivity contribution in [2.45, 2.75) is 13.0 Å². The van der Waals surface area contributed by atoms with Crippen LogP contribution in [-0.2, 0) is 4.79 Å². The van der Waals surface area contributed by atoms with Crippen LogP contribution in [0.2, 0.25) is 0 Å². The number of anilines is 1. The molecule has 0 bridgehead atoms. The fourth-order valence-corrected chi connectivity index (χ4v) is 3.68. The molecule has 0 aliphatic carbocycles. The minimum atomic E-state index is -1.04. The summed E-state index contributed by atoms with van der Waals surface area (Å²) in [5.74, 6) is -1.77. The van der Waals surface area contributed by atoms with E-state index in [-0.39, 0.29) is 5.82 Å². The second kappa shape index (κ2) is 10.3. The number of rotatable bonds is 7. The number of nitrogens with zero attached hydrogens (tertiary/aromatic N) is 2. The van der Waals surface area contributed by atoms with Crippen molar-refractivity contribution in [3.8, 4) is 11.3 Å². The fraction of sp³-hybridized carbons (Fsp3) is 0.107. The maximum atomic E-state index is 14.1. The third-order valence-electron chi connectivity index (χ3n) is 5.50. The Kier molecular flexibility index (Phi) is 6.96. The van der Waals surface area contributed by atoms with E-state index in [2.05, 4.69) is 10.3 Å². The van der Waals surface area contributed by atoms with Crippen LogP contribution >= 0.6 is 0 Å². The summed E-state index contributed by atoms with van der Waals surface area (Å²) in [4.78, 5) is 20.4. The molecule has 35 heavy (non-hydrogen) atoms. The van der Waals surface area contributed by atoms with E-state index in [1.807, 2.05) is 36.4 Å². The number of aliphatic imine (C=N–C) groups is 1. The van der Waals surface area contributed by atoms with Gasteiger partial charge in [-0.2, -0.15) is 0 Å². The quantitative estimate of drug-likeness (QED) is 0.246. The van der Waals surface area contributed by atoms with Crippen LogP contribution in [0.15, 0.2) is 71.7 Å². The Labute approximate surface area is 201 Å². The molecule has 176 valence electrons. The van der Waals surface area contributed by atoms with Crippen molar-refractivity contribution in [2.24, 2.45) is 4.99 Å². The number of benzene rings is 3. The molecule has 1 atom stereocenters. The van der Waals surface area contributed by atoms with Gasteiger partial charge in [0.05, 0.1) is 16.9 Å². The molecule has 0 fully saturated rings. The van der Waals surface area contributed by atoms with Crippen molar-refractivity contribution >= 4 is 40.9 Å². The van der Waals surface area contributed by atoms with Gasteiger partial charge < -0.3 is 10.4 Å². The highest BCUT2D eigenvalue weighted by molar-refractivity contribution is 6.07. The number of aromatic nitrogens is 1. The zero-order chi connectivity index (χ0) is 24.9. The Morgan fingerprint density at radius 1 is 0.971 bits per heavy atom. The summed E-state index contributed by atoms with van der Waals surface area (Å²) in [6.45, 7) is 1.52. The van der Waals surface area contributed by atoms with Gasteiger partial charge in [0.25, 0.3) is 0 Å². The number of nitrogens with one attached hydrogen (secondary N) is 1. The number of pyridine rings is 1. The Bertz CT molecular complexity index is 1430. The molecule has 0 saturated carbocycles. The molecule has 4 rings (SSSR count). The van der Waals surface area contributed by atoms with E-state index in [4.69, 9.17) is 4.98 Å². The number of hydrogen-bond acceptors (Lipinski definition) is 4. The van der Waals surface area contributed by atoms with Gasteiger partial charge in [-0.1, -0.05) is 48.6 Å². The zero-order valence-corrected chi connectivity index (χ0v) is 19.2. The molecule has 0 spiro atoms. The highest BCUT2D eigenvalue weighted by Gasteiger charge is 2.20. The van der Waals surface area contributed by atoms with Crippen LogP contribution in [0.3, 0.4) is 0 Å². The molecule has 0 radical (unpaired) electrons. The van der Waals surface area contributed by atoms with E-state index in [0.717, 1.165) is 16.7 Å². The van der Waals surface area contributed by atoms with E-state index in [0.29, 0.717) is 27.8 Å². The molecule has 5 nitrogen and oxygen atoms in total. The average molecular weight is 472 g/mol. The topological polar surface area (TPSA) is 74.6 Å². The predicted molar refractivity (Wildman–Crippen MR) is 137 cm³/mol. The van der Waals surface area contributed by atoms with Gasteiger partial charge in [-0.25, -0.2) is 13.8 Å². The van der Waals surface area contributed by atoms with Gasteiger partial charge in [0.2, 0.25) is 0 Å². The minimum absolute atomic E-state index is 0.282. The van der Waals surface area contributed by atoms with Crippen molar-refractivity contribution in [3.63, 3.8) is 0 Å². The van der Waals surface area contributed by atoms with Crippen LogP contribution in [0.25, 0.3) is 34.3 Å². The Balaban J connectivity index is 1.79. The molecule has 3 aromatic carbocycles. The predicted octanol–water partition coefficient (Wildman–Crippen LogP) is 6.28. The maximum absolute atomic E-state index is 14.1. The van der Waals surface area contributed by atoms with Crippen LogP contribution in [0.5, 0.6) is 0 Å². The van der Waals surface area contributed by atoms with Gasteiger partial charge in [0, 0.05) is 29.8 Å². The first-order valence-electron chi connectivity index (χ1n) is 10.9. The highest BCUT2D eigenvalue weighted by atomic mass is 19.1. The number of carboxylic acids is 1. The molecule has 0 aliphatic rings. The summed E-state index contributed by atoms with van der Waals surface area (Å²) < 4.78 is 27.2. The van der Waals surface area contributed by atoms with E-state index < -0.39 is 17.8 Å². The number of carboxylic acid groups (broad SMARTS) is 1. The van der Waals surface area contributed by atoms with Crippen molar-refractivity contribution in [1.29, 1.82) is 0 Å². The normalized spacial score (nSPS) is 12.5. The smallest absolute Gasteiger partial charge is 0.325 e. The molecule has 7 heteroatoms. The van der Waals surface area contributed by atoms with Gasteiger partial charge in [-0.05, 0) is 48.4 Å². The van der Waals surface area contributed by atoms with Crippen molar-refractivity contribution in [3.05, 3.63) is 95.1 Å². The van der Waals surface area contributed by atoms with E-state index in [9.17, 15) is 18.7 Å². The third-order valence-corrected chi connectivity index (χ3v) is 5.50. The number of carbonyl (C=O) groups is 1. The van der Waals surface area contributed by atoms with Gasteiger partial charge in [-0.15, -0.1) is 0 Å². The van der Waals surface area contributed by atoms with Crippen LogP contribution in [0, 0.1) is 11.6 Å². The molecule has 1 unspecified atom stereocenters. The molecule has 0 saturated heterocycles. The monoisotopic (exact) mass is 471 g/mol. The average Bonchev–Trinajstić information content (AvgIpc) is 2.85. The van der Waals surface area contributed by atoms with Crippen LogP contribution in [-0.4, -0.2) is 35.4 Å². The first-order chi connectivity index (χ1) is 16.9. The van der Waals surface area contributed by atoms with E-state index in [1.54, 1.807) is 31.5 Å². The summed E-state index contributed by atoms with van der Waals surface area (Å²) in [6.07, 6.45) is 5.40. The molecule has 0 amide bonds. The first-order valence-corrected chi connectivity index (χ1v) is 10.9. The molecule has 1 aromatic heterocycles. The van der Waals surface area contributed by atoms with Gasteiger partial charge in [-0.3, -0.25) is 9.79 Å². The van der Waals surface area contributed by atoms with Crippen LogP contribution in [0.1, 0.15) is 23.6 Å². The van der Waals surface area contributed by atoms with Crippen molar-refractivity contribution in [2.75, 3.05) is 12.4 Å². The maximum Gasteiger partial charge on any atom is 0.325 e. The molecular weight excluding hydrogens is 448 g/mol. The Morgan fingerprint density at radius 3 is 2.17 bits per heavy atom. The fourth-order valence-electron chi connectivity index (χ4n) is 3.68. The lowest BCUT2D eigenvalue weighted by atomic mass is 9.99. The van der Waals surface area contributed by atoms with E-state index >= 15 is 0 Å². The summed E-state index contributed by atoms with van der Waals surface area (Å²) in [7, 11) is 1.60. The molecular formula is C28H23F2N3O2. The number of fused-ring (bicyclic) bond motifs is 1. The molecule has 0 aliphatic heterocycles. The van der Waals surface area contributed by atoms with Crippen molar-refractivity contribution in [1.82, 2.24) is 4.98 Å². The second-order valence-electron chi connectivity index (χ2n) is 8.01. The van der Waals surface area contributed by atoms with Gasteiger partial charge >= 0.3 is 5.97 Å². The van der Waals surface area contributed by atoms with Crippen LogP contribution < -0.4 is 5.32 Å². The van der Waals surface area contributed by atoms with Crippen molar-refractivity contribution < 1.29 is 18.7 Å². The van der Waals surface area contributed by atoms with Crippen LogP contribution in [0.4, 0.5) is 14.5 Å². The number of halogens is 2. The Morgan fingerprint density at radius 2 is 1.57 bits per heavy atom. The SMILES string of the molecule is CN=Cc1c(-c2ccc(/C=C/c3ccc(F)cc3)cc2)nc2ccc(F)cc2c1NC(C)C(=O)O. The highest BCUT2D eigenvalue weighted by Crippen LogP contribution is 2.34. The second-order valence-corrected chi connectivity index (χ2v) is 8.01. The molecule has 1 heterocycles. The molecule has 4 aromatic rings. The third kappa shape index (κ3) is 5.41.